The number of ether oxygens (including phenoxy) is 3. The predicted molar refractivity (Wildman–Crippen MR) is 124 cm³/mol. The summed E-state index contributed by atoms with van der Waals surface area (Å²) in [6.07, 6.45) is 1.50. The maximum Gasteiger partial charge on any atom is 0.277 e. The molecule has 170 valence electrons. The Labute approximate surface area is 192 Å². The second-order valence-corrected chi connectivity index (χ2v) is 6.85. The topological polar surface area (TPSA) is 98.2 Å². The maximum absolute atomic E-state index is 11.9. The Morgan fingerprint density at radius 1 is 0.818 bits per heavy atom. The van der Waals surface area contributed by atoms with Crippen LogP contribution in [-0.4, -0.2) is 38.4 Å². The number of hydrazone groups is 1. The third-order valence-electron chi connectivity index (χ3n) is 4.41. The fourth-order valence-electron chi connectivity index (χ4n) is 2.74. The lowest BCUT2D eigenvalue weighted by molar-refractivity contribution is -0.123. The summed E-state index contributed by atoms with van der Waals surface area (Å²) in [5.74, 6) is 0.964. The third kappa shape index (κ3) is 8.02. The molecule has 0 unspecified atom stereocenters. The number of hydrogen-bond acceptors (Lipinski definition) is 6. The van der Waals surface area contributed by atoms with E-state index in [0.717, 1.165) is 11.1 Å². The summed E-state index contributed by atoms with van der Waals surface area (Å²) in [6, 6.07) is 23.7. The Morgan fingerprint density at radius 2 is 1.48 bits per heavy atom. The number of nitrogens with zero attached hydrogens (tertiary/aromatic N) is 1. The van der Waals surface area contributed by atoms with Crippen molar-refractivity contribution in [3.05, 3.63) is 90.0 Å². The van der Waals surface area contributed by atoms with E-state index in [9.17, 15) is 9.59 Å². The van der Waals surface area contributed by atoms with Crippen LogP contribution in [0.5, 0.6) is 17.2 Å². The summed E-state index contributed by atoms with van der Waals surface area (Å²) < 4.78 is 16.1. The third-order valence-corrected chi connectivity index (χ3v) is 4.41. The molecule has 0 saturated heterocycles. The second kappa shape index (κ2) is 12.5. The number of benzene rings is 3. The van der Waals surface area contributed by atoms with E-state index in [2.05, 4.69) is 15.8 Å². The summed E-state index contributed by atoms with van der Waals surface area (Å²) in [7, 11) is 1.53. The Hall–Kier alpha value is -4.33. The van der Waals surface area contributed by atoms with Gasteiger partial charge in [-0.15, -0.1) is 0 Å². The molecule has 0 heterocycles. The molecule has 0 aromatic heterocycles. The predicted octanol–water partition coefficient (Wildman–Crippen LogP) is 2.92. The molecule has 0 fully saturated rings. The highest BCUT2D eigenvalue weighted by atomic mass is 16.5. The van der Waals surface area contributed by atoms with Gasteiger partial charge in [0, 0.05) is 6.54 Å². The Morgan fingerprint density at radius 3 is 2.21 bits per heavy atom. The summed E-state index contributed by atoms with van der Waals surface area (Å²) >= 11 is 0. The average molecular weight is 447 g/mol. The molecular formula is C25H25N3O5. The molecule has 0 aliphatic carbocycles. The lowest BCUT2D eigenvalue weighted by Gasteiger charge is -2.09. The van der Waals surface area contributed by atoms with Gasteiger partial charge in [-0.05, 0) is 47.5 Å². The lowest BCUT2D eigenvalue weighted by atomic mass is 10.2. The van der Waals surface area contributed by atoms with Crippen LogP contribution in [0.25, 0.3) is 0 Å². The van der Waals surface area contributed by atoms with Gasteiger partial charge < -0.3 is 19.5 Å². The smallest absolute Gasteiger partial charge is 0.277 e. The highest BCUT2D eigenvalue weighted by Gasteiger charge is 2.06. The highest BCUT2D eigenvalue weighted by Crippen LogP contribution is 2.25. The van der Waals surface area contributed by atoms with Crippen molar-refractivity contribution < 1.29 is 23.8 Å². The van der Waals surface area contributed by atoms with Crippen LogP contribution in [0.3, 0.4) is 0 Å². The molecule has 3 aromatic carbocycles. The van der Waals surface area contributed by atoms with Crippen molar-refractivity contribution in [2.75, 3.05) is 20.3 Å². The SMILES string of the molecule is COc1ccccc1OCC(=O)N/N=C\c1ccc(OCC(=O)NCc2ccccc2)cc1. The molecular weight excluding hydrogens is 422 g/mol. The number of rotatable bonds is 11. The van der Waals surface area contributed by atoms with Crippen molar-refractivity contribution in [1.82, 2.24) is 10.7 Å². The number of amides is 2. The number of carbonyl (C=O) groups is 2. The van der Waals surface area contributed by atoms with E-state index < -0.39 is 5.91 Å². The van der Waals surface area contributed by atoms with Crippen molar-refractivity contribution in [1.29, 1.82) is 0 Å². The Bertz CT molecular complexity index is 1070. The van der Waals surface area contributed by atoms with Crippen LogP contribution in [-0.2, 0) is 16.1 Å². The molecule has 2 N–H and O–H groups in total. The number of hydrogen-bond donors (Lipinski definition) is 2. The van der Waals surface area contributed by atoms with E-state index in [-0.39, 0.29) is 19.1 Å². The molecule has 33 heavy (non-hydrogen) atoms. The molecule has 0 spiro atoms. The lowest BCUT2D eigenvalue weighted by Crippen LogP contribution is -2.28. The number of nitrogens with one attached hydrogen (secondary N) is 2. The largest absolute Gasteiger partial charge is 0.493 e. The van der Waals surface area contributed by atoms with E-state index in [4.69, 9.17) is 14.2 Å². The molecule has 2 amide bonds. The zero-order valence-electron chi connectivity index (χ0n) is 18.2. The van der Waals surface area contributed by atoms with Crippen molar-refractivity contribution in [3.8, 4) is 17.2 Å². The molecule has 0 saturated carbocycles. The van der Waals surface area contributed by atoms with Crippen LogP contribution in [0.15, 0.2) is 84.0 Å². The summed E-state index contributed by atoms with van der Waals surface area (Å²) in [5, 5.41) is 6.72. The molecule has 0 aliphatic heterocycles. The summed E-state index contributed by atoms with van der Waals surface area (Å²) in [6.45, 7) is 0.174. The molecule has 0 bridgehead atoms. The van der Waals surface area contributed by atoms with E-state index in [1.807, 2.05) is 36.4 Å². The molecule has 3 rings (SSSR count). The quantitative estimate of drug-likeness (QED) is 0.348. The van der Waals surface area contributed by atoms with Gasteiger partial charge in [0.2, 0.25) is 0 Å². The normalized spacial score (nSPS) is 10.5. The Kier molecular flexibility index (Phi) is 8.84. The van der Waals surface area contributed by atoms with Crippen LogP contribution < -0.4 is 25.0 Å². The highest BCUT2D eigenvalue weighted by molar-refractivity contribution is 5.83. The fraction of sp³-hybridized carbons (Fsp3) is 0.160. The standard InChI is InChI=1S/C25H25N3O5/c1-31-22-9-5-6-10-23(22)33-18-25(30)28-27-16-20-11-13-21(14-12-20)32-17-24(29)26-15-19-7-3-2-4-8-19/h2-14,16H,15,17-18H2,1H3,(H,26,29)(H,28,30)/b27-16-. The minimum absolute atomic E-state index is 0.0808. The van der Waals surface area contributed by atoms with Crippen LogP contribution in [0.2, 0.25) is 0 Å². The fourth-order valence-corrected chi connectivity index (χ4v) is 2.74. The number of carbonyl (C=O) groups excluding carboxylic acids is 2. The van der Waals surface area contributed by atoms with Gasteiger partial charge in [0.1, 0.15) is 5.75 Å². The minimum atomic E-state index is -0.404. The zero-order valence-corrected chi connectivity index (χ0v) is 18.2. The van der Waals surface area contributed by atoms with Gasteiger partial charge in [0.25, 0.3) is 11.8 Å². The van der Waals surface area contributed by atoms with Crippen LogP contribution in [0.4, 0.5) is 0 Å². The Balaban J connectivity index is 1.37. The van der Waals surface area contributed by atoms with E-state index in [0.29, 0.717) is 23.8 Å². The number of methoxy groups -OCH3 is 1. The van der Waals surface area contributed by atoms with Crippen molar-refractivity contribution in [2.24, 2.45) is 5.10 Å². The second-order valence-electron chi connectivity index (χ2n) is 6.85. The first-order valence-electron chi connectivity index (χ1n) is 10.3. The van der Waals surface area contributed by atoms with Gasteiger partial charge in [-0.25, -0.2) is 5.43 Å². The molecule has 8 heteroatoms. The van der Waals surface area contributed by atoms with Gasteiger partial charge in [0.15, 0.2) is 24.7 Å². The molecule has 0 radical (unpaired) electrons. The van der Waals surface area contributed by atoms with Crippen LogP contribution in [0.1, 0.15) is 11.1 Å². The van der Waals surface area contributed by atoms with Crippen molar-refractivity contribution in [2.45, 2.75) is 6.54 Å². The van der Waals surface area contributed by atoms with Gasteiger partial charge in [0.05, 0.1) is 13.3 Å². The molecule has 0 aliphatic rings. The monoisotopic (exact) mass is 447 g/mol. The van der Waals surface area contributed by atoms with Crippen molar-refractivity contribution in [3.63, 3.8) is 0 Å². The molecule has 0 atom stereocenters. The summed E-state index contributed by atoms with van der Waals surface area (Å²) in [5.41, 5.74) is 4.17. The van der Waals surface area contributed by atoms with Gasteiger partial charge >= 0.3 is 0 Å². The van der Waals surface area contributed by atoms with E-state index in [1.54, 1.807) is 42.5 Å². The van der Waals surface area contributed by atoms with Crippen LogP contribution in [0, 0.1) is 0 Å². The molecule has 8 nitrogen and oxygen atoms in total. The first kappa shape index (κ1) is 23.3. The minimum Gasteiger partial charge on any atom is -0.493 e. The van der Waals surface area contributed by atoms with E-state index in [1.165, 1.54) is 13.3 Å². The molecule has 3 aromatic rings. The van der Waals surface area contributed by atoms with Gasteiger partial charge in [-0.1, -0.05) is 42.5 Å². The van der Waals surface area contributed by atoms with Crippen molar-refractivity contribution >= 4 is 18.0 Å². The summed E-state index contributed by atoms with van der Waals surface area (Å²) in [4.78, 5) is 23.8. The average Bonchev–Trinajstić information content (AvgIpc) is 2.86. The van der Waals surface area contributed by atoms with Gasteiger partial charge in [-0.3, -0.25) is 9.59 Å². The van der Waals surface area contributed by atoms with Crippen LogP contribution >= 0.6 is 0 Å². The zero-order chi connectivity index (χ0) is 23.3. The van der Waals surface area contributed by atoms with E-state index >= 15 is 0 Å². The van der Waals surface area contributed by atoms with Gasteiger partial charge in [-0.2, -0.15) is 5.10 Å². The first-order valence-corrected chi connectivity index (χ1v) is 10.3. The first-order chi connectivity index (χ1) is 16.1. The maximum atomic E-state index is 11.9. The number of para-hydroxylation sites is 2.